The number of carbonyl (C=O) groups is 1. The molecule has 0 aliphatic carbocycles. The van der Waals surface area contributed by atoms with Crippen LogP contribution in [0.3, 0.4) is 0 Å². The SMILES string of the molecule is Cc1ccc2ccc(C(=O)Nc3nc(-c4ccc(-c5ccccc5)cc4)cs3)cc2n1. The van der Waals surface area contributed by atoms with Crippen LogP contribution >= 0.6 is 11.3 Å². The van der Waals surface area contributed by atoms with Crippen LogP contribution in [0.5, 0.6) is 0 Å². The topological polar surface area (TPSA) is 54.9 Å². The van der Waals surface area contributed by atoms with Crippen molar-refractivity contribution in [2.45, 2.75) is 6.92 Å². The first-order valence-electron chi connectivity index (χ1n) is 9.96. The van der Waals surface area contributed by atoms with Crippen LogP contribution < -0.4 is 5.32 Å². The van der Waals surface area contributed by atoms with Crippen LogP contribution in [-0.4, -0.2) is 15.9 Å². The number of nitrogens with zero attached hydrogens (tertiary/aromatic N) is 2. The molecule has 0 bridgehead atoms. The van der Waals surface area contributed by atoms with E-state index >= 15 is 0 Å². The molecule has 0 unspecified atom stereocenters. The summed E-state index contributed by atoms with van der Waals surface area (Å²) in [5.74, 6) is -0.189. The van der Waals surface area contributed by atoms with Crippen molar-refractivity contribution < 1.29 is 4.79 Å². The molecule has 2 heterocycles. The summed E-state index contributed by atoms with van der Waals surface area (Å²) in [4.78, 5) is 21.8. The highest BCUT2D eigenvalue weighted by molar-refractivity contribution is 7.14. The number of benzene rings is 3. The van der Waals surface area contributed by atoms with Gasteiger partial charge >= 0.3 is 0 Å². The van der Waals surface area contributed by atoms with Crippen LogP contribution in [0.2, 0.25) is 0 Å². The summed E-state index contributed by atoms with van der Waals surface area (Å²) in [6.07, 6.45) is 0. The molecule has 31 heavy (non-hydrogen) atoms. The zero-order chi connectivity index (χ0) is 21.2. The Morgan fingerprint density at radius 3 is 2.32 bits per heavy atom. The molecule has 0 atom stereocenters. The Labute approximate surface area is 184 Å². The second-order valence-corrected chi connectivity index (χ2v) is 8.15. The molecular formula is C26H19N3OS. The van der Waals surface area contributed by atoms with Crippen LogP contribution in [0.1, 0.15) is 16.1 Å². The first kappa shape index (κ1) is 19.2. The van der Waals surface area contributed by atoms with Gasteiger partial charge in [-0.15, -0.1) is 11.3 Å². The Hall–Kier alpha value is -3.83. The Kier molecular flexibility index (Phi) is 5.02. The molecule has 5 aromatic rings. The van der Waals surface area contributed by atoms with Crippen LogP contribution in [0.25, 0.3) is 33.3 Å². The highest BCUT2D eigenvalue weighted by Crippen LogP contribution is 2.28. The van der Waals surface area contributed by atoms with Crippen molar-refractivity contribution in [1.82, 2.24) is 9.97 Å². The number of nitrogens with one attached hydrogen (secondary N) is 1. The zero-order valence-corrected chi connectivity index (χ0v) is 17.7. The molecule has 150 valence electrons. The van der Waals surface area contributed by atoms with Gasteiger partial charge in [-0.05, 0) is 36.2 Å². The average Bonchev–Trinajstić information content (AvgIpc) is 3.27. The molecule has 3 aromatic carbocycles. The summed E-state index contributed by atoms with van der Waals surface area (Å²) >= 11 is 1.42. The normalized spacial score (nSPS) is 10.9. The van der Waals surface area contributed by atoms with Crippen molar-refractivity contribution in [3.63, 3.8) is 0 Å². The number of anilines is 1. The number of pyridine rings is 1. The Morgan fingerprint density at radius 1 is 0.806 bits per heavy atom. The van der Waals surface area contributed by atoms with E-state index in [9.17, 15) is 4.79 Å². The van der Waals surface area contributed by atoms with Gasteiger partial charge in [0.2, 0.25) is 0 Å². The second-order valence-electron chi connectivity index (χ2n) is 7.30. The van der Waals surface area contributed by atoms with Gasteiger partial charge in [0, 0.05) is 27.6 Å². The number of rotatable bonds is 4. The van der Waals surface area contributed by atoms with Gasteiger partial charge in [-0.3, -0.25) is 15.1 Å². The molecule has 0 saturated carbocycles. The highest BCUT2D eigenvalue weighted by atomic mass is 32.1. The van der Waals surface area contributed by atoms with E-state index in [-0.39, 0.29) is 5.91 Å². The van der Waals surface area contributed by atoms with Gasteiger partial charge in [-0.25, -0.2) is 4.98 Å². The summed E-state index contributed by atoms with van der Waals surface area (Å²) in [6, 6.07) is 28.1. The Balaban J connectivity index is 1.33. The third kappa shape index (κ3) is 4.09. The van der Waals surface area contributed by atoms with Crippen molar-refractivity contribution >= 4 is 33.3 Å². The van der Waals surface area contributed by atoms with E-state index in [1.54, 1.807) is 0 Å². The number of fused-ring (bicyclic) bond motifs is 1. The zero-order valence-electron chi connectivity index (χ0n) is 16.9. The fourth-order valence-electron chi connectivity index (χ4n) is 3.46. The van der Waals surface area contributed by atoms with Gasteiger partial charge < -0.3 is 0 Å². The van der Waals surface area contributed by atoms with Crippen LogP contribution in [0.4, 0.5) is 5.13 Å². The number of amides is 1. The molecule has 2 aromatic heterocycles. The van der Waals surface area contributed by atoms with Crippen LogP contribution in [-0.2, 0) is 0 Å². The van der Waals surface area contributed by atoms with E-state index in [1.165, 1.54) is 16.9 Å². The number of hydrogen-bond donors (Lipinski definition) is 1. The minimum absolute atomic E-state index is 0.189. The van der Waals surface area contributed by atoms with Crippen molar-refractivity contribution in [3.8, 4) is 22.4 Å². The first-order valence-corrected chi connectivity index (χ1v) is 10.8. The lowest BCUT2D eigenvalue weighted by atomic mass is 10.0. The maximum absolute atomic E-state index is 12.7. The molecule has 0 aliphatic rings. The number of thiazole rings is 1. The summed E-state index contributed by atoms with van der Waals surface area (Å²) in [7, 11) is 0. The summed E-state index contributed by atoms with van der Waals surface area (Å²) in [6.45, 7) is 1.94. The quantitative estimate of drug-likeness (QED) is 0.356. The molecule has 0 radical (unpaired) electrons. The van der Waals surface area contributed by atoms with Gasteiger partial charge in [-0.2, -0.15) is 0 Å². The van der Waals surface area contributed by atoms with Gasteiger partial charge in [0.05, 0.1) is 11.2 Å². The van der Waals surface area contributed by atoms with E-state index in [0.717, 1.165) is 33.4 Å². The summed E-state index contributed by atoms with van der Waals surface area (Å²) < 4.78 is 0. The largest absolute Gasteiger partial charge is 0.298 e. The molecule has 1 amide bonds. The third-order valence-electron chi connectivity index (χ3n) is 5.11. The van der Waals surface area contributed by atoms with E-state index in [1.807, 2.05) is 60.8 Å². The summed E-state index contributed by atoms with van der Waals surface area (Å²) in [5, 5.41) is 6.45. The van der Waals surface area contributed by atoms with Crippen LogP contribution in [0, 0.1) is 6.92 Å². The summed E-state index contributed by atoms with van der Waals surface area (Å²) in [5.41, 5.74) is 6.50. The fraction of sp³-hybridized carbons (Fsp3) is 0.0385. The van der Waals surface area contributed by atoms with Gasteiger partial charge in [0.25, 0.3) is 5.91 Å². The third-order valence-corrected chi connectivity index (χ3v) is 5.86. The maximum Gasteiger partial charge on any atom is 0.257 e. The maximum atomic E-state index is 12.7. The Morgan fingerprint density at radius 2 is 1.52 bits per heavy atom. The van der Waals surface area contributed by atoms with E-state index in [2.05, 4.69) is 51.7 Å². The molecule has 5 heteroatoms. The number of carbonyl (C=O) groups excluding carboxylic acids is 1. The smallest absolute Gasteiger partial charge is 0.257 e. The fourth-order valence-corrected chi connectivity index (χ4v) is 4.17. The molecule has 0 fully saturated rings. The lowest BCUT2D eigenvalue weighted by molar-refractivity contribution is 0.102. The van der Waals surface area contributed by atoms with Gasteiger partial charge in [-0.1, -0.05) is 66.7 Å². The minimum Gasteiger partial charge on any atom is -0.298 e. The molecular weight excluding hydrogens is 402 g/mol. The standard InChI is InChI=1S/C26H19N3OS/c1-17-7-8-20-13-14-22(15-23(20)27-17)25(30)29-26-28-24(16-31-26)21-11-9-19(10-12-21)18-5-3-2-4-6-18/h2-16H,1H3,(H,28,29,30). The number of hydrogen-bond acceptors (Lipinski definition) is 4. The van der Waals surface area contributed by atoms with E-state index < -0.39 is 0 Å². The average molecular weight is 422 g/mol. The van der Waals surface area contributed by atoms with E-state index in [4.69, 9.17) is 0 Å². The van der Waals surface area contributed by atoms with Gasteiger partial charge in [0.1, 0.15) is 0 Å². The van der Waals surface area contributed by atoms with Crippen LogP contribution in [0.15, 0.2) is 90.3 Å². The molecule has 0 saturated heterocycles. The predicted octanol–water partition coefficient (Wildman–Crippen LogP) is 6.59. The molecule has 4 nitrogen and oxygen atoms in total. The number of aryl methyl sites for hydroxylation is 1. The van der Waals surface area contributed by atoms with Crippen molar-refractivity contribution in [3.05, 3.63) is 102 Å². The first-order chi connectivity index (χ1) is 15.2. The molecule has 5 rings (SSSR count). The molecule has 0 aliphatic heterocycles. The second kappa shape index (κ2) is 8.13. The highest BCUT2D eigenvalue weighted by Gasteiger charge is 2.11. The number of aromatic nitrogens is 2. The minimum atomic E-state index is -0.189. The molecule has 1 N–H and O–H groups in total. The lowest BCUT2D eigenvalue weighted by Crippen LogP contribution is -2.11. The van der Waals surface area contributed by atoms with Crippen molar-refractivity contribution in [2.24, 2.45) is 0 Å². The van der Waals surface area contributed by atoms with Crippen molar-refractivity contribution in [1.29, 1.82) is 0 Å². The molecule has 0 spiro atoms. The Bertz CT molecular complexity index is 1380. The lowest BCUT2D eigenvalue weighted by Gasteiger charge is -2.04. The monoisotopic (exact) mass is 421 g/mol. The van der Waals surface area contributed by atoms with Gasteiger partial charge in [0.15, 0.2) is 5.13 Å². The van der Waals surface area contributed by atoms with E-state index in [0.29, 0.717) is 10.7 Å². The van der Waals surface area contributed by atoms with Crippen molar-refractivity contribution in [2.75, 3.05) is 5.32 Å². The predicted molar refractivity (Wildman–Crippen MR) is 127 cm³/mol.